The van der Waals surface area contributed by atoms with Crippen LogP contribution in [0.4, 0.5) is 0 Å². The van der Waals surface area contributed by atoms with Crippen molar-refractivity contribution in [2.24, 2.45) is 0 Å². The smallest absolute Gasteiger partial charge is 0.119 e. The summed E-state index contributed by atoms with van der Waals surface area (Å²) in [6, 6.07) is 7.82. The molecule has 0 heterocycles. The SMILES string of the molecule is COc1cccc(C(C)OCCCO)c1. The fourth-order valence-electron chi connectivity index (χ4n) is 1.32. The lowest BCUT2D eigenvalue weighted by molar-refractivity contribution is 0.0552. The molecule has 84 valence electrons. The number of rotatable bonds is 6. The summed E-state index contributed by atoms with van der Waals surface area (Å²) in [7, 11) is 1.65. The first kappa shape index (κ1) is 12.0. The fraction of sp³-hybridized carbons (Fsp3) is 0.500. The van der Waals surface area contributed by atoms with E-state index in [1.165, 1.54) is 0 Å². The van der Waals surface area contributed by atoms with E-state index in [1.807, 2.05) is 31.2 Å². The van der Waals surface area contributed by atoms with Gasteiger partial charge in [-0.05, 0) is 31.0 Å². The molecule has 0 aliphatic carbocycles. The zero-order valence-corrected chi connectivity index (χ0v) is 9.27. The van der Waals surface area contributed by atoms with E-state index in [1.54, 1.807) is 7.11 Å². The molecule has 1 aromatic carbocycles. The highest BCUT2D eigenvalue weighted by Crippen LogP contribution is 2.21. The van der Waals surface area contributed by atoms with Gasteiger partial charge < -0.3 is 14.6 Å². The predicted octanol–water partition coefficient (Wildman–Crippen LogP) is 2.16. The molecule has 1 unspecified atom stereocenters. The molecular formula is C12H18O3. The molecule has 0 saturated carbocycles. The van der Waals surface area contributed by atoms with Crippen molar-refractivity contribution in [3.63, 3.8) is 0 Å². The van der Waals surface area contributed by atoms with E-state index in [0.717, 1.165) is 11.3 Å². The summed E-state index contributed by atoms with van der Waals surface area (Å²) in [5.41, 5.74) is 1.09. The number of benzene rings is 1. The Kier molecular flexibility index (Phi) is 5.15. The lowest BCUT2D eigenvalue weighted by Gasteiger charge is -2.13. The molecular weight excluding hydrogens is 192 g/mol. The first-order chi connectivity index (χ1) is 7.27. The summed E-state index contributed by atoms with van der Waals surface area (Å²) < 4.78 is 10.7. The molecule has 0 amide bonds. The number of ether oxygens (including phenoxy) is 2. The van der Waals surface area contributed by atoms with Crippen molar-refractivity contribution in [1.82, 2.24) is 0 Å². The summed E-state index contributed by atoms with van der Waals surface area (Å²) in [4.78, 5) is 0. The second-order valence-corrected chi connectivity index (χ2v) is 3.37. The minimum absolute atomic E-state index is 0.0339. The van der Waals surface area contributed by atoms with Gasteiger partial charge in [-0.25, -0.2) is 0 Å². The van der Waals surface area contributed by atoms with Gasteiger partial charge in [-0.1, -0.05) is 12.1 Å². The molecule has 0 spiro atoms. The van der Waals surface area contributed by atoms with Crippen LogP contribution in [0.2, 0.25) is 0 Å². The molecule has 0 saturated heterocycles. The highest BCUT2D eigenvalue weighted by molar-refractivity contribution is 5.29. The van der Waals surface area contributed by atoms with Crippen LogP contribution < -0.4 is 4.74 Å². The van der Waals surface area contributed by atoms with Gasteiger partial charge in [-0.3, -0.25) is 0 Å². The topological polar surface area (TPSA) is 38.7 Å². The summed E-state index contributed by atoms with van der Waals surface area (Å²) in [6.45, 7) is 2.74. The third kappa shape index (κ3) is 3.90. The molecule has 3 heteroatoms. The van der Waals surface area contributed by atoms with Gasteiger partial charge >= 0.3 is 0 Å². The Labute approximate surface area is 90.6 Å². The molecule has 0 aromatic heterocycles. The first-order valence-corrected chi connectivity index (χ1v) is 5.14. The molecule has 1 N–H and O–H groups in total. The third-order valence-corrected chi connectivity index (χ3v) is 2.23. The minimum Gasteiger partial charge on any atom is -0.497 e. The van der Waals surface area contributed by atoms with Crippen molar-refractivity contribution in [3.05, 3.63) is 29.8 Å². The second-order valence-electron chi connectivity index (χ2n) is 3.37. The monoisotopic (exact) mass is 210 g/mol. The Morgan fingerprint density at radius 2 is 2.20 bits per heavy atom. The number of aliphatic hydroxyl groups is 1. The van der Waals surface area contributed by atoms with E-state index in [4.69, 9.17) is 14.6 Å². The summed E-state index contributed by atoms with van der Waals surface area (Å²) in [6.07, 6.45) is 0.709. The molecule has 1 aromatic rings. The highest BCUT2D eigenvalue weighted by Gasteiger charge is 2.05. The van der Waals surface area contributed by atoms with E-state index in [-0.39, 0.29) is 12.7 Å². The molecule has 1 atom stereocenters. The van der Waals surface area contributed by atoms with Crippen molar-refractivity contribution < 1.29 is 14.6 Å². The van der Waals surface area contributed by atoms with Crippen LogP contribution in [0.5, 0.6) is 5.75 Å². The van der Waals surface area contributed by atoms with Crippen LogP contribution in [-0.4, -0.2) is 25.4 Å². The molecule has 0 radical (unpaired) electrons. The average Bonchev–Trinajstić information content (AvgIpc) is 2.29. The average molecular weight is 210 g/mol. The number of hydrogen-bond donors (Lipinski definition) is 1. The predicted molar refractivity (Wildman–Crippen MR) is 59.1 cm³/mol. The van der Waals surface area contributed by atoms with E-state index < -0.39 is 0 Å². The maximum atomic E-state index is 8.63. The zero-order valence-electron chi connectivity index (χ0n) is 9.27. The standard InChI is InChI=1S/C12H18O3/c1-10(15-8-4-7-13)11-5-3-6-12(9-11)14-2/h3,5-6,9-10,13H,4,7-8H2,1-2H3. The Morgan fingerprint density at radius 3 is 2.87 bits per heavy atom. The van der Waals surface area contributed by atoms with E-state index in [2.05, 4.69) is 0 Å². The third-order valence-electron chi connectivity index (χ3n) is 2.23. The van der Waals surface area contributed by atoms with Crippen LogP contribution in [-0.2, 0) is 4.74 Å². The lowest BCUT2D eigenvalue weighted by Crippen LogP contribution is -2.03. The quantitative estimate of drug-likeness (QED) is 0.731. The summed E-state index contributed by atoms with van der Waals surface area (Å²) >= 11 is 0. The Morgan fingerprint density at radius 1 is 1.40 bits per heavy atom. The van der Waals surface area contributed by atoms with Gasteiger partial charge in [-0.2, -0.15) is 0 Å². The number of methoxy groups -OCH3 is 1. The second kappa shape index (κ2) is 6.43. The molecule has 0 bridgehead atoms. The van der Waals surface area contributed by atoms with E-state index in [9.17, 15) is 0 Å². The van der Waals surface area contributed by atoms with Gasteiger partial charge in [-0.15, -0.1) is 0 Å². The number of hydrogen-bond acceptors (Lipinski definition) is 3. The van der Waals surface area contributed by atoms with Crippen molar-refractivity contribution >= 4 is 0 Å². The van der Waals surface area contributed by atoms with E-state index in [0.29, 0.717) is 13.0 Å². The molecule has 0 aliphatic rings. The largest absolute Gasteiger partial charge is 0.497 e. The minimum atomic E-state index is 0.0339. The van der Waals surface area contributed by atoms with E-state index >= 15 is 0 Å². The maximum Gasteiger partial charge on any atom is 0.119 e. The number of aliphatic hydroxyl groups excluding tert-OH is 1. The van der Waals surface area contributed by atoms with Crippen LogP contribution in [0, 0.1) is 0 Å². The normalized spacial score (nSPS) is 12.5. The first-order valence-electron chi connectivity index (χ1n) is 5.14. The van der Waals surface area contributed by atoms with Crippen LogP contribution >= 0.6 is 0 Å². The van der Waals surface area contributed by atoms with Crippen LogP contribution in [0.3, 0.4) is 0 Å². The van der Waals surface area contributed by atoms with Gasteiger partial charge in [0.05, 0.1) is 13.2 Å². The Balaban J connectivity index is 2.52. The van der Waals surface area contributed by atoms with Crippen LogP contribution in [0.25, 0.3) is 0 Å². The molecule has 0 fully saturated rings. The van der Waals surface area contributed by atoms with Crippen LogP contribution in [0.1, 0.15) is 25.0 Å². The van der Waals surface area contributed by atoms with Gasteiger partial charge in [0.2, 0.25) is 0 Å². The Hall–Kier alpha value is -1.06. The lowest BCUT2D eigenvalue weighted by atomic mass is 10.1. The molecule has 1 rings (SSSR count). The molecule has 3 nitrogen and oxygen atoms in total. The van der Waals surface area contributed by atoms with Gasteiger partial charge in [0, 0.05) is 13.2 Å². The molecule has 0 aliphatic heterocycles. The van der Waals surface area contributed by atoms with Gasteiger partial charge in [0.15, 0.2) is 0 Å². The molecule has 15 heavy (non-hydrogen) atoms. The maximum absolute atomic E-state index is 8.63. The van der Waals surface area contributed by atoms with Gasteiger partial charge in [0.1, 0.15) is 5.75 Å². The highest BCUT2D eigenvalue weighted by atomic mass is 16.5. The van der Waals surface area contributed by atoms with Gasteiger partial charge in [0.25, 0.3) is 0 Å². The zero-order chi connectivity index (χ0) is 11.1. The van der Waals surface area contributed by atoms with Crippen molar-refractivity contribution in [2.45, 2.75) is 19.4 Å². The van der Waals surface area contributed by atoms with Crippen molar-refractivity contribution in [3.8, 4) is 5.75 Å². The van der Waals surface area contributed by atoms with Crippen molar-refractivity contribution in [2.75, 3.05) is 20.3 Å². The van der Waals surface area contributed by atoms with Crippen molar-refractivity contribution in [1.29, 1.82) is 0 Å². The summed E-state index contributed by atoms with van der Waals surface area (Å²) in [5.74, 6) is 0.838. The Bertz CT molecular complexity index is 286. The fourth-order valence-corrected chi connectivity index (χ4v) is 1.32. The summed E-state index contributed by atoms with van der Waals surface area (Å²) in [5, 5.41) is 8.63. The van der Waals surface area contributed by atoms with Crippen LogP contribution in [0.15, 0.2) is 24.3 Å².